The lowest BCUT2D eigenvalue weighted by Crippen LogP contribution is -2.01. The van der Waals surface area contributed by atoms with Gasteiger partial charge < -0.3 is 5.32 Å². The number of nitrogens with zero attached hydrogens (tertiary/aromatic N) is 2. The van der Waals surface area contributed by atoms with Crippen LogP contribution < -0.4 is 5.32 Å². The molecule has 0 unspecified atom stereocenters. The maximum atomic E-state index is 4.40. The van der Waals surface area contributed by atoms with E-state index in [9.17, 15) is 0 Å². The van der Waals surface area contributed by atoms with E-state index in [1.165, 1.54) is 26.3 Å². The Balaban J connectivity index is 1.95. The molecule has 1 N–H and O–H groups in total. The molecule has 0 atom stereocenters. The molecule has 0 aromatic carbocycles. The normalized spacial score (nSPS) is 11.1. The van der Waals surface area contributed by atoms with Gasteiger partial charge in [-0.05, 0) is 43.3 Å². The predicted octanol–water partition coefficient (Wildman–Crippen LogP) is 4.29. The second-order valence-electron chi connectivity index (χ2n) is 4.57. The summed E-state index contributed by atoms with van der Waals surface area (Å²) in [7, 11) is 0. The number of thiophene rings is 2. The van der Waals surface area contributed by atoms with Gasteiger partial charge in [0.15, 0.2) is 0 Å². The molecular formula is C14H15N3S2. The Hall–Kier alpha value is -1.46. The molecule has 5 heteroatoms. The first-order valence-electron chi connectivity index (χ1n) is 6.14. The molecule has 0 aliphatic rings. The minimum Gasteiger partial charge on any atom is -0.365 e. The molecule has 3 aromatic rings. The van der Waals surface area contributed by atoms with Crippen LogP contribution in [-0.2, 0) is 6.54 Å². The van der Waals surface area contributed by atoms with Crippen LogP contribution in [0, 0.1) is 20.8 Å². The smallest absolute Gasteiger partial charge is 0.138 e. The van der Waals surface area contributed by atoms with Crippen molar-refractivity contribution in [3.8, 4) is 0 Å². The van der Waals surface area contributed by atoms with Crippen molar-refractivity contribution in [3.63, 3.8) is 0 Å². The van der Waals surface area contributed by atoms with E-state index in [0.29, 0.717) is 0 Å². The Morgan fingerprint density at radius 2 is 2.05 bits per heavy atom. The molecule has 3 heterocycles. The number of hydrogen-bond donors (Lipinski definition) is 1. The van der Waals surface area contributed by atoms with Crippen molar-refractivity contribution in [1.29, 1.82) is 0 Å². The first kappa shape index (κ1) is 12.6. The third-order valence-corrected chi connectivity index (χ3v) is 5.49. The molecule has 3 rings (SSSR count). The fraction of sp³-hybridized carbons (Fsp3) is 0.286. The molecule has 98 valence electrons. The van der Waals surface area contributed by atoms with Gasteiger partial charge in [0.1, 0.15) is 17.0 Å². The number of fused-ring (bicyclic) bond motifs is 1. The molecule has 0 aliphatic carbocycles. The second kappa shape index (κ2) is 4.90. The SMILES string of the molecule is Cc1ccsc1CNc1ncnc2sc(C)c(C)c12. The van der Waals surface area contributed by atoms with Gasteiger partial charge in [0, 0.05) is 9.75 Å². The summed E-state index contributed by atoms with van der Waals surface area (Å²) in [4.78, 5) is 12.5. The van der Waals surface area contributed by atoms with Crippen molar-refractivity contribution in [1.82, 2.24) is 9.97 Å². The lowest BCUT2D eigenvalue weighted by molar-refractivity contribution is 1.12. The number of hydrogen-bond acceptors (Lipinski definition) is 5. The maximum Gasteiger partial charge on any atom is 0.138 e. The molecule has 0 aliphatic heterocycles. The average Bonchev–Trinajstić information content (AvgIpc) is 2.92. The monoisotopic (exact) mass is 289 g/mol. The summed E-state index contributed by atoms with van der Waals surface area (Å²) >= 11 is 3.51. The molecule has 0 spiro atoms. The van der Waals surface area contributed by atoms with E-state index in [1.54, 1.807) is 29.0 Å². The molecule has 3 aromatic heterocycles. The third kappa shape index (κ3) is 2.24. The van der Waals surface area contributed by atoms with Crippen LogP contribution in [0.25, 0.3) is 10.2 Å². The van der Waals surface area contributed by atoms with Crippen molar-refractivity contribution in [2.24, 2.45) is 0 Å². The summed E-state index contributed by atoms with van der Waals surface area (Å²) in [5.74, 6) is 0.944. The highest BCUT2D eigenvalue weighted by Crippen LogP contribution is 2.32. The van der Waals surface area contributed by atoms with Crippen molar-refractivity contribution in [3.05, 3.63) is 38.7 Å². The summed E-state index contributed by atoms with van der Waals surface area (Å²) in [5.41, 5.74) is 2.62. The summed E-state index contributed by atoms with van der Waals surface area (Å²) in [6.07, 6.45) is 1.64. The highest BCUT2D eigenvalue weighted by atomic mass is 32.1. The number of aryl methyl sites for hydroxylation is 3. The van der Waals surface area contributed by atoms with Crippen LogP contribution in [0.2, 0.25) is 0 Å². The zero-order valence-electron chi connectivity index (χ0n) is 11.2. The molecule has 0 bridgehead atoms. The molecule has 0 saturated carbocycles. The van der Waals surface area contributed by atoms with Crippen LogP contribution in [0.3, 0.4) is 0 Å². The number of aromatic nitrogens is 2. The van der Waals surface area contributed by atoms with Crippen LogP contribution in [-0.4, -0.2) is 9.97 Å². The van der Waals surface area contributed by atoms with Gasteiger partial charge in [0.2, 0.25) is 0 Å². The topological polar surface area (TPSA) is 37.8 Å². The van der Waals surface area contributed by atoms with Crippen molar-refractivity contribution in [2.45, 2.75) is 27.3 Å². The number of anilines is 1. The van der Waals surface area contributed by atoms with E-state index in [0.717, 1.165) is 17.2 Å². The van der Waals surface area contributed by atoms with Gasteiger partial charge in [-0.2, -0.15) is 0 Å². The zero-order valence-corrected chi connectivity index (χ0v) is 12.8. The van der Waals surface area contributed by atoms with Crippen LogP contribution >= 0.6 is 22.7 Å². The van der Waals surface area contributed by atoms with E-state index in [-0.39, 0.29) is 0 Å². The van der Waals surface area contributed by atoms with Gasteiger partial charge in [-0.15, -0.1) is 22.7 Å². The summed E-state index contributed by atoms with van der Waals surface area (Å²) in [6, 6.07) is 2.15. The lowest BCUT2D eigenvalue weighted by Gasteiger charge is -2.06. The van der Waals surface area contributed by atoms with E-state index in [1.807, 2.05) is 0 Å². The quantitative estimate of drug-likeness (QED) is 0.781. The van der Waals surface area contributed by atoms with Gasteiger partial charge in [0.05, 0.1) is 11.9 Å². The van der Waals surface area contributed by atoms with Crippen molar-refractivity contribution < 1.29 is 0 Å². The summed E-state index contributed by atoms with van der Waals surface area (Å²) in [6.45, 7) is 7.24. The molecule has 0 radical (unpaired) electrons. The molecule has 0 saturated heterocycles. The molecular weight excluding hydrogens is 274 g/mol. The Bertz CT molecular complexity index is 727. The highest BCUT2D eigenvalue weighted by Gasteiger charge is 2.11. The fourth-order valence-electron chi connectivity index (χ4n) is 2.07. The first-order valence-corrected chi connectivity index (χ1v) is 7.84. The van der Waals surface area contributed by atoms with Gasteiger partial charge in [-0.25, -0.2) is 9.97 Å². The predicted molar refractivity (Wildman–Crippen MR) is 83.3 cm³/mol. The highest BCUT2D eigenvalue weighted by molar-refractivity contribution is 7.18. The number of nitrogens with one attached hydrogen (secondary N) is 1. The molecule has 19 heavy (non-hydrogen) atoms. The van der Waals surface area contributed by atoms with Crippen LogP contribution in [0.1, 0.15) is 20.9 Å². The van der Waals surface area contributed by atoms with Gasteiger partial charge in [-0.1, -0.05) is 0 Å². The first-order chi connectivity index (χ1) is 9.16. The number of rotatable bonds is 3. The Labute approximate surface area is 120 Å². The summed E-state index contributed by atoms with van der Waals surface area (Å²) < 4.78 is 0. The van der Waals surface area contributed by atoms with Crippen molar-refractivity contribution >= 4 is 38.7 Å². The second-order valence-corrected chi connectivity index (χ2v) is 6.77. The summed E-state index contributed by atoms with van der Waals surface area (Å²) in [5, 5.41) is 6.74. The van der Waals surface area contributed by atoms with Gasteiger partial charge in [-0.3, -0.25) is 0 Å². The van der Waals surface area contributed by atoms with Crippen LogP contribution in [0.4, 0.5) is 5.82 Å². The Morgan fingerprint density at radius 1 is 1.21 bits per heavy atom. The van der Waals surface area contributed by atoms with Gasteiger partial charge >= 0.3 is 0 Å². The van der Waals surface area contributed by atoms with Crippen molar-refractivity contribution in [2.75, 3.05) is 5.32 Å². The zero-order chi connectivity index (χ0) is 13.4. The van der Waals surface area contributed by atoms with Crippen LogP contribution in [0.5, 0.6) is 0 Å². The standard InChI is InChI=1S/C14H15N3S2/c1-8-4-5-18-11(8)6-15-13-12-9(2)10(3)19-14(12)17-7-16-13/h4-5,7H,6H2,1-3H3,(H,15,16,17). The van der Waals surface area contributed by atoms with E-state index >= 15 is 0 Å². The molecule has 3 nitrogen and oxygen atoms in total. The maximum absolute atomic E-state index is 4.40. The van der Waals surface area contributed by atoms with Crippen LogP contribution in [0.15, 0.2) is 17.8 Å². The van der Waals surface area contributed by atoms with E-state index < -0.39 is 0 Å². The lowest BCUT2D eigenvalue weighted by atomic mass is 10.2. The van der Waals surface area contributed by atoms with Gasteiger partial charge in [0.25, 0.3) is 0 Å². The third-order valence-electron chi connectivity index (χ3n) is 3.35. The fourth-order valence-corrected chi connectivity index (χ4v) is 3.91. The minimum absolute atomic E-state index is 0.823. The molecule has 0 amide bonds. The minimum atomic E-state index is 0.823. The Morgan fingerprint density at radius 3 is 2.79 bits per heavy atom. The van der Waals surface area contributed by atoms with E-state index in [4.69, 9.17) is 0 Å². The van der Waals surface area contributed by atoms with E-state index in [2.05, 4.69) is 47.5 Å². The largest absolute Gasteiger partial charge is 0.365 e. The Kier molecular flexibility index (Phi) is 3.24. The average molecular weight is 289 g/mol. The molecule has 0 fully saturated rings.